The van der Waals surface area contributed by atoms with E-state index in [0.717, 1.165) is 5.69 Å². The van der Waals surface area contributed by atoms with Crippen LogP contribution in [0.4, 0.5) is 5.69 Å². The third-order valence-corrected chi connectivity index (χ3v) is 3.74. The first-order valence-electron chi connectivity index (χ1n) is 7.52. The lowest BCUT2D eigenvalue weighted by Gasteiger charge is -2.19. The van der Waals surface area contributed by atoms with Crippen LogP contribution in [0.3, 0.4) is 0 Å². The predicted molar refractivity (Wildman–Crippen MR) is 84.8 cm³/mol. The topological polar surface area (TPSA) is 84.7 Å². The number of carbonyl (C=O) groups excluding carboxylic acids is 2. The van der Waals surface area contributed by atoms with Gasteiger partial charge in [0, 0.05) is 19.0 Å². The number of hydrogen-bond acceptors (Lipinski definition) is 4. The molecule has 2 atom stereocenters. The number of carbonyl (C=O) groups is 2. The van der Waals surface area contributed by atoms with E-state index in [1.165, 1.54) is 0 Å². The monoisotopic (exact) mass is 305 g/mol. The maximum atomic E-state index is 12.5. The lowest BCUT2D eigenvalue weighted by molar-refractivity contribution is -0.126. The van der Waals surface area contributed by atoms with Crippen molar-refractivity contribution in [3.8, 4) is 5.75 Å². The number of amides is 2. The molecule has 120 valence electrons. The average molecular weight is 305 g/mol. The van der Waals surface area contributed by atoms with E-state index in [0.29, 0.717) is 31.6 Å². The number of ether oxygens (including phenoxy) is 1. The molecule has 0 aliphatic carbocycles. The summed E-state index contributed by atoms with van der Waals surface area (Å²) in [7, 11) is 1.58. The maximum absolute atomic E-state index is 12.5. The highest BCUT2D eigenvalue weighted by Crippen LogP contribution is 2.30. The van der Waals surface area contributed by atoms with Crippen molar-refractivity contribution in [3.05, 3.63) is 24.3 Å². The zero-order valence-electron chi connectivity index (χ0n) is 13.0. The van der Waals surface area contributed by atoms with Gasteiger partial charge in [-0.2, -0.15) is 0 Å². The number of para-hydroxylation sites is 2. The van der Waals surface area contributed by atoms with Crippen LogP contribution in [0.2, 0.25) is 0 Å². The SMILES string of the molecule is COc1ccccc1N1CCC(NC(=O)CCC(C)N)C1=O. The fourth-order valence-corrected chi connectivity index (χ4v) is 2.53. The second-order valence-corrected chi connectivity index (χ2v) is 5.59. The Morgan fingerprint density at radius 3 is 2.91 bits per heavy atom. The molecule has 1 aromatic rings. The zero-order chi connectivity index (χ0) is 16.1. The first-order chi connectivity index (χ1) is 10.5. The predicted octanol–water partition coefficient (Wildman–Crippen LogP) is 1.04. The summed E-state index contributed by atoms with van der Waals surface area (Å²) in [6.07, 6.45) is 1.56. The summed E-state index contributed by atoms with van der Waals surface area (Å²) < 4.78 is 5.29. The summed E-state index contributed by atoms with van der Waals surface area (Å²) in [5, 5.41) is 2.79. The molecule has 1 saturated heterocycles. The van der Waals surface area contributed by atoms with E-state index < -0.39 is 6.04 Å². The maximum Gasteiger partial charge on any atom is 0.249 e. The van der Waals surface area contributed by atoms with E-state index in [1.807, 2.05) is 31.2 Å². The highest BCUT2D eigenvalue weighted by Gasteiger charge is 2.34. The quantitative estimate of drug-likeness (QED) is 0.822. The van der Waals surface area contributed by atoms with Crippen molar-refractivity contribution in [1.82, 2.24) is 5.32 Å². The van der Waals surface area contributed by atoms with Crippen molar-refractivity contribution in [2.24, 2.45) is 5.73 Å². The van der Waals surface area contributed by atoms with Crippen molar-refractivity contribution < 1.29 is 14.3 Å². The molecule has 2 rings (SSSR count). The Kier molecular flexibility index (Phi) is 5.38. The van der Waals surface area contributed by atoms with Gasteiger partial charge in [0.05, 0.1) is 12.8 Å². The number of nitrogens with one attached hydrogen (secondary N) is 1. The fraction of sp³-hybridized carbons (Fsp3) is 0.500. The number of nitrogens with zero attached hydrogens (tertiary/aromatic N) is 1. The molecule has 1 heterocycles. The van der Waals surface area contributed by atoms with Gasteiger partial charge >= 0.3 is 0 Å². The molecule has 0 bridgehead atoms. The molecule has 0 saturated carbocycles. The van der Waals surface area contributed by atoms with Crippen molar-refractivity contribution in [3.63, 3.8) is 0 Å². The summed E-state index contributed by atoms with van der Waals surface area (Å²) in [5.41, 5.74) is 6.38. The molecule has 3 N–H and O–H groups in total. The number of anilines is 1. The number of nitrogens with two attached hydrogens (primary N) is 1. The summed E-state index contributed by atoms with van der Waals surface area (Å²) >= 11 is 0. The van der Waals surface area contributed by atoms with E-state index in [2.05, 4.69) is 5.32 Å². The smallest absolute Gasteiger partial charge is 0.249 e. The Labute approximate surface area is 130 Å². The average Bonchev–Trinajstić information content (AvgIpc) is 2.86. The molecular formula is C16H23N3O3. The second kappa shape index (κ2) is 7.26. The number of rotatable bonds is 6. The second-order valence-electron chi connectivity index (χ2n) is 5.59. The van der Waals surface area contributed by atoms with Crippen LogP contribution in [-0.4, -0.2) is 37.6 Å². The normalized spacial score (nSPS) is 19.1. The molecule has 0 spiro atoms. The van der Waals surface area contributed by atoms with Gasteiger partial charge in [-0.1, -0.05) is 12.1 Å². The molecule has 22 heavy (non-hydrogen) atoms. The molecule has 1 aliphatic heterocycles. The van der Waals surface area contributed by atoms with E-state index in [9.17, 15) is 9.59 Å². The highest BCUT2D eigenvalue weighted by molar-refractivity contribution is 6.02. The Hall–Kier alpha value is -2.08. The van der Waals surface area contributed by atoms with Crippen molar-refractivity contribution in [2.45, 2.75) is 38.3 Å². The molecular weight excluding hydrogens is 282 g/mol. The summed E-state index contributed by atoms with van der Waals surface area (Å²) in [6, 6.07) is 6.89. The lowest BCUT2D eigenvalue weighted by atomic mass is 10.1. The molecule has 2 unspecified atom stereocenters. The summed E-state index contributed by atoms with van der Waals surface area (Å²) in [4.78, 5) is 26.0. The number of benzene rings is 1. The van der Waals surface area contributed by atoms with Crippen LogP contribution in [0.25, 0.3) is 0 Å². The standard InChI is InChI=1S/C16H23N3O3/c1-11(17)7-8-15(20)18-12-9-10-19(16(12)21)13-5-3-4-6-14(13)22-2/h3-6,11-12H,7-10,17H2,1-2H3,(H,18,20). The van der Waals surface area contributed by atoms with Crippen LogP contribution in [0.15, 0.2) is 24.3 Å². The van der Waals surface area contributed by atoms with Gasteiger partial charge in [-0.3, -0.25) is 9.59 Å². The molecule has 6 nitrogen and oxygen atoms in total. The molecule has 1 fully saturated rings. The van der Waals surface area contributed by atoms with Crippen molar-refractivity contribution >= 4 is 17.5 Å². The minimum absolute atomic E-state index is 0.0184. The lowest BCUT2D eigenvalue weighted by Crippen LogP contribution is -2.41. The Bertz CT molecular complexity index is 545. The Balaban J connectivity index is 1.99. The van der Waals surface area contributed by atoms with Gasteiger partial charge in [-0.15, -0.1) is 0 Å². The van der Waals surface area contributed by atoms with Crippen LogP contribution in [0.1, 0.15) is 26.2 Å². The van der Waals surface area contributed by atoms with Crippen molar-refractivity contribution in [1.29, 1.82) is 0 Å². The molecule has 1 aliphatic rings. The van der Waals surface area contributed by atoms with Gasteiger partial charge in [0.2, 0.25) is 11.8 Å². The van der Waals surface area contributed by atoms with Crippen LogP contribution in [0, 0.1) is 0 Å². The Morgan fingerprint density at radius 1 is 1.50 bits per heavy atom. The van der Waals surface area contributed by atoms with Gasteiger partial charge in [0.1, 0.15) is 11.8 Å². The van der Waals surface area contributed by atoms with Crippen molar-refractivity contribution in [2.75, 3.05) is 18.6 Å². The van der Waals surface area contributed by atoms with Crippen LogP contribution in [-0.2, 0) is 9.59 Å². The highest BCUT2D eigenvalue weighted by atomic mass is 16.5. The Morgan fingerprint density at radius 2 is 2.23 bits per heavy atom. The fourth-order valence-electron chi connectivity index (χ4n) is 2.53. The van der Waals surface area contributed by atoms with Gasteiger partial charge in [0.15, 0.2) is 0 Å². The van der Waals surface area contributed by atoms with E-state index in [4.69, 9.17) is 10.5 Å². The molecule has 0 radical (unpaired) electrons. The molecule has 0 aromatic heterocycles. The summed E-state index contributed by atoms with van der Waals surface area (Å²) in [6.45, 7) is 2.43. The molecule has 6 heteroatoms. The van der Waals surface area contributed by atoms with Gasteiger partial charge in [-0.05, 0) is 31.9 Å². The van der Waals surface area contributed by atoms with Crippen LogP contribution < -0.4 is 20.7 Å². The van der Waals surface area contributed by atoms with E-state index >= 15 is 0 Å². The summed E-state index contributed by atoms with van der Waals surface area (Å²) in [5.74, 6) is 0.427. The van der Waals surface area contributed by atoms with E-state index in [1.54, 1.807) is 12.0 Å². The largest absolute Gasteiger partial charge is 0.495 e. The molecule has 2 amide bonds. The van der Waals surface area contributed by atoms with Gasteiger partial charge in [-0.25, -0.2) is 0 Å². The minimum atomic E-state index is -0.467. The number of methoxy groups -OCH3 is 1. The minimum Gasteiger partial charge on any atom is -0.495 e. The van der Waals surface area contributed by atoms with Crippen LogP contribution in [0.5, 0.6) is 5.75 Å². The first kappa shape index (κ1) is 16.3. The third kappa shape index (κ3) is 3.76. The number of hydrogen-bond donors (Lipinski definition) is 2. The van der Waals surface area contributed by atoms with E-state index in [-0.39, 0.29) is 17.9 Å². The van der Waals surface area contributed by atoms with Crippen LogP contribution >= 0.6 is 0 Å². The first-order valence-corrected chi connectivity index (χ1v) is 7.52. The van der Waals surface area contributed by atoms with Gasteiger partial charge in [0.25, 0.3) is 0 Å². The third-order valence-electron chi connectivity index (χ3n) is 3.74. The zero-order valence-corrected chi connectivity index (χ0v) is 13.0. The molecule has 1 aromatic carbocycles. The van der Waals surface area contributed by atoms with Gasteiger partial charge < -0.3 is 20.7 Å².